The molecular formula is C11H10. The third kappa shape index (κ3) is 2.31. The van der Waals surface area contributed by atoms with Crippen molar-refractivity contribution in [2.45, 2.75) is 6.42 Å². The molecule has 0 amide bonds. The van der Waals surface area contributed by atoms with Crippen molar-refractivity contribution < 1.29 is 0 Å². The lowest BCUT2D eigenvalue weighted by Crippen LogP contribution is -1.84. The lowest BCUT2D eigenvalue weighted by molar-refractivity contribution is 1.22. The minimum absolute atomic E-state index is 0.789. The first-order chi connectivity index (χ1) is 5.33. The molecule has 0 nitrogen and oxygen atoms in total. The lowest BCUT2D eigenvalue weighted by Gasteiger charge is -1.96. The highest BCUT2D eigenvalue weighted by atomic mass is 13.9. The maximum Gasteiger partial charge on any atom is 0.00482 e. The molecule has 11 heavy (non-hydrogen) atoms. The van der Waals surface area contributed by atoms with Crippen molar-refractivity contribution in [2.24, 2.45) is 0 Å². The van der Waals surface area contributed by atoms with Crippen LogP contribution < -0.4 is 0 Å². The summed E-state index contributed by atoms with van der Waals surface area (Å²) in [4.78, 5) is 0. The Kier molecular flexibility index (Phi) is 2.52. The molecule has 0 bridgehead atoms. The molecule has 0 saturated heterocycles. The molecule has 0 atom stereocenters. The highest BCUT2D eigenvalue weighted by molar-refractivity contribution is 5.29. The van der Waals surface area contributed by atoms with E-state index in [2.05, 4.69) is 12.5 Å². The zero-order chi connectivity index (χ0) is 8.10. The van der Waals surface area contributed by atoms with E-state index in [9.17, 15) is 0 Å². The zero-order valence-corrected chi connectivity index (χ0v) is 6.38. The fraction of sp³-hybridized carbons (Fsp3) is 0.0909. The summed E-state index contributed by atoms with van der Waals surface area (Å²) in [5, 5.41) is 0. The number of terminal acetylenes is 1. The van der Waals surface area contributed by atoms with Gasteiger partial charge in [0.1, 0.15) is 0 Å². The van der Waals surface area contributed by atoms with Gasteiger partial charge in [0.25, 0.3) is 0 Å². The predicted molar refractivity (Wildman–Crippen MR) is 48.1 cm³/mol. The van der Waals surface area contributed by atoms with Gasteiger partial charge in [0.05, 0.1) is 0 Å². The highest BCUT2D eigenvalue weighted by Gasteiger charge is 1.91. The summed E-state index contributed by atoms with van der Waals surface area (Å²) >= 11 is 0. The van der Waals surface area contributed by atoms with Crippen LogP contribution in [0.1, 0.15) is 5.56 Å². The quantitative estimate of drug-likeness (QED) is 0.556. The van der Waals surface area contributed by atoms with Gasteiger partial charge in [0.2, 0.25) is 0 Å². The third-order valence-electron chi connectivity index (χ3n) is 1.46. The Labute approximate surface area is 67.6 Å². The monoisotopic (exact) mass is 142 g/mol. The van der Waals surface area contributed by atoms with Gasteiger partial charge >= 0.3 is 0 Å². The average molecular weight is 142 g/mol. The van der Waals surface area contributed by atoms with Crippen LogP contribution in [0.5, 0.6) is 0 Å². The molecule has 1 rings (SSSR count). The molecule has 0 spiro atoms. The summed E-state index contributed by atoms with van der Waals surface area (Å²) in [5.74, 6) is 2.52. The SMILES string of the molecule is C#CC(=C)Cc1ccccc1. The van der Waals surface area contributed by atoms with Crippen molar-refractivity contribution in [3.05, 3.63) is 48.0 Å². The fourth-order valence-corrected chi connectivity index (χ4v) is 0.893. The number of rotatable bonds is 2. The number of benzene rings is 1. The van der Waals surface area contributed by atoms with Crippen LogP contribution in [0, 0.1) is 12.3 Å². The van der Waals surface area contributed by atoms with Crippen LogP contribution >= 0.6 is 0 Å². The average Bonchev–Trinajstić information content (AvgIpc) is 2.06. The van der Waals surface area contributed by atoms with E-state index < -0.39 is 0 Å². The first-order valence-electron chi connectivity index (χ1n) is 3.51. The molecule has 54 valence electrons. The van der Waals surface area contributed by atoms with E-state index in [0.29, 0.717) is 0 Å². The van der Waals surface area contributed by atoms with Gasteiger partial charge in [-0.1, -0.05) is 42.8 Å². The van der Waals surface area contributed by atoms with Crippen LogP contribution in [-0.4, -0.2) is 0 Å². The zero-order valence-electron chi connectivity index (χ0n) is 6.38. The molecule has 1 aromatic rings. The van der Waals surface area contributed by atoms with E-state index in [1.54, 1.807) is 0 Å². The summed E-state index contributed by atoms with van der Waals surface area (Å²) in [6.45, 7) is 3.73. The van der Waals surface area contributed by atoms with E-state index >= 15 is 0 Å². The van der Waals surface area contributed by atoms with Gasteiger partial charge < -0.3 is 0 Å². The van der Waals surface area contributed by atoms with Crippen LogP contribution in [0.25, 0.3) is 0 Å². The standard InChI is InChI=1S/C11H10/c1-3-10(2)9-11-7-5-4-6-8-11/h1,4-8H,2,9H2. The van der Waals surface area contributed by atoms with Crippen molar-refractivity contribution in [3.63, 3.8) is 0 Å². The number of allylic oxidation sites excluding steroid dienone is 1. The molecular weight excluding hydrogens is 132 g/mol. The first-order valence-corrected chi connectivity index (χ1v) is 3.51. The van der Waals surface area contributed by atoms with Crippen molar-refractivity contribution >= 4 is 0 Å². The van der Waals surface area contributed by atoms with Gasteiger partial charge in [-0.3, -0.25) is 0 Å². The molecule has 0 heterocycles. The van der Waals surface area contributed by atoms with E-state index in [0.717, 1.165) is 12.0 Å². The van der Waals surface area contributed by atoms with Crippen LogP contribution in [-0.2, 0) is 6.42 Å². The van der Waals surface area contributed by atoms with Gasteiger partial charge in [-0.2, -0.15) is 0 Å². The largest absolute Gasteiger partial charge is 0.115 e. The third-order valence-corrected chi connectivity index (χ3v) is 1.46. The van der Waals surface area contributed by atoms with E-state index in [-0.39, 0.29) is 0 Å². The van der Waals surface area contributed by atoms with Crippen molar-refractivity contribution in [1.29, 1.82) is 0 Å². The van der Waals surface area contributed by atoms with E-state index in [1.165, 1.54) is 5.56 Å². The fourth-order valence-electron chi connectivity index (χ4n) is 0.893. The minimum atomic E-state index is 0.789. The van der Waals surface area contributed by atoms with Gasteiger partial charge in [-0.25, -0.2) is 0 Å². The molecule has 0 radical (unpaired) electrons. The van der Waals surface area contributed by atoms with Crippen LogP contribution in [0.4, 0.5) is 0 Å². The van der Waals surface area contributed by atoms with Gasteiger partial charge in [0.15, 0.2) is 0 Å². The maximum atomic E-state index is 5.17. The molecule has 1 aromatic carbocycles. The Bertz CT molecular complexity index is 275. The Morgan fingerprint density at radius 2 is 2.00 bits per heavy atom. The summed E-state index contributed by atoms with van der Waals surface area (Å²) in [6.07, 6.45) is 5.96. The van der Waals surface area contributed by atoms with E-state index in [4.69, 9.17) is 6.42 Å². The van der Waals surface area contributed by atoms with Gasteiger partial charge in [-0.05, 0) is 11.1 Å². The summed E-state index contributed by atoms with van der Waals surface area (Å²) in [6, 6.07) is 10.1. The summed E-state index contributed by atoms with van der Waals surface area (Å²) in [7, 11) is 0. The smallest absolute Gasteiger partial charge is 0.00482 e. The number of hydrogen-bond acceptors (Lipinski definition) is 0. The van der Waals surface area contributed by atoms with Crippen molar-refractivity contribution in [3.8, 4) is 12.3 Å². The Morgan fingerprint density at radius 1 is 1.36 bits per heavy atom. The van der Waals surface area contributed by atoms with Gasteiger partial charge in [0, 0.05) is 6.42 Å². The highest BCUT2D eigenvalue weighted by Crippen LogP contribution is 2.04. The molecule has 0 aliphatic rings. The second-order valence-electron chi connectivity index (χ2n) is 2.41. The van der Waals surface area contributed by atoms with Crippen LogP contribution in [0.15, 0.2) is 42.5 Å². The molecule has 0 fully saturated rings. The molecule has 0 N–H and O–H groups in total. The second-order valence-corrected chi connectivity index (χ2v) is 2.41. The predicted octanol–water partition coefficient (Wildman–Crippen LogP) is 2.42. The first kappa shape index (κ1) is 7.63. The lowest BCUT2D eigenvalue weighted by atomic mass is 10.1. The Hall–Kier alpha value is -1.48. The number of hydrogen-bond donors (Lipinski definition) is 0. The molecule has 0 saturated carbocycles. The molecule has 0 aromatic heterocycles. The normalized spacial score (nSPS) is 8.64. The van der Waals surface area contributed by atoms with Gasteiger partial charge in [-0.15, -0.1) is 6.42 Å². The Balaban J connectivity index is 2.67. The van der Waals surface area contributed by atoms with Crippen LogP contribution in [0.2, 0.25) is 0 Å². The van der Waals surface area contributed by atoms with Crippen molar-refractivity contribution in [1.82, 2.24) is 0 Å². The molecule has 0 aliphatic carbocycles. The second kappa shape index (κ2) is 3.63. The van der Waals surface area contributed by atoms with Crippen LogP contribution in [0.3, 0.4) is 0 Å². The molecule has 0 unspecified atom stereocenters. The molecule has 0 aliphatic heterocycles. The maximum absolute atomic E-state index is 5.17. The summed E-state index contributed by atoms with van der Waals surface area (Å²) < 4.78 is 0. The molecule has 0 heteroatoms. The van der Waals surface area contributed by atoms with E-state index in [1.807, 2.05) is 30.3 Å². The minimum Gasteiger partial charge on any atom is -0.115 e. The Morgan fingerprint density at radius 3 is 2.55 bits per heavy atom. The summed E-state index contributed by atoms with van der Waals surface area (Å²) in [5.41, 5.74) is 2.05. The topological polar surface area (TPSA) is 0 Å². The van der Waals surface area contributed by atoms with Crippen molar-refractivity contribution in [2.75, 3.05) is 0 Å².